The average Bonchev–Trinajstić information content (AvgIpc) is 2.53. The van der Waals surface area contributed by atoms with E-state index in [1.54, 1.807) is 38.1 Å². The minimum Gasteiger partial charge on any atom is -0.326 e. The molecule has 0 heterocycles. The molecule has 0 saturated heterocycles. The second-order valence-corrected chi connectivity index (χ2v) is 5.52. The van der Waals surface area contributed by atoms with Crippen molar-refractivity contribution in [1.29, 1.82) is 0 Å². The fourth-order valence-corrected chi connectivity index (χ4v) is 2.02. The highest BCUT2D eigenvalue weighted by molar-refractivity contribution is 5.96. The Bertz CT molecular complexity index is 710. The summed E-state index contributed by atoms with van der Waals surface area (Å²) in [5, 5.41) is 5.05. The van der Waals surface area contributed by atoms with Gasteiger partial charge in [-0.2, -0.15) is 0 Å². The molecule has 2 amide bonds. The molecule has 0 unspecified atom stereocenters. The molecular weight excluding hydrogens is 314 g/mol. The Kier molecular flexibility index (Phi) is 5.63. The number of carbonyl (C=O) groups excluding carboxylic acids is 2. The van der Waals surface area contributed by atoms with Gasteiger partial charge in [-0.25, -0.2) is 8.78 Å². The molecule has 24 heavy (non-hydrogen) atoms. The quantitative estimate of drug-likeness (QED) is 0.871. The topological polar surface area (TPSA) is 58.2 Å². The van der Waals surface area contributed by atoms with Gasteiger partial charge in [0, 0.05) is 24.2 Å². The molecule has 0 saturated carbocycles. The van der Waals surface area contributed by atoms with Gasteiger partial charge in [0.25, 0.3) is 0 Å². The highest BCUT2D eigenvalue weighted by Crippen LogP contribution is 2.15. The molecule has 0 bridgehead atoms. The zero-order valence-electron chi connectivity index (χ0n) is 13.5. The van der Waals surface area contributed by atoms with E-state index in [4.69, 9.17) is 0 Å². The molecule has 126 valence electrons. The molecule has 0 aliphatic carbocycles. The van der Waals surface area contributed by atoms with Gasteiger partial charge in [-0.3, -0.25) is 9.59 Å². The molecule has 4 nitrogen and oxygen atoms in total. The van der Waals surface area contributed by atoms with Gasteiger partial charge in [0.05, 0.1) is 0 Å². The summed E-state index contributed by atoms with van der Waals surface area (Å²) < 4.78 is 26.8. The minimum absolute atomic E-state index is 0.0598. The Morgan fingerprint density at radius 1 is 0.792 bits per heavy atom. The van der Waals surface area contributed by atoms with E-state index in [1.807, 2.05) is 0 Å². The van der Waals surface area contributed by atoms with Crippen LogP contribution in [0.2, 0.25) is 0 Å². The second-order valence-electron chi connectivity index (χ2n) is 5.52. The zero-order chi connectivity index (χ0) is 17.7. The molecule has 2 aromatic carbocycles. The SMILES string of the molecule is Cc1ccc(NC(=O)CCC(=O)Nc2ccc(C)c(F)c2)cc1F. The fraction of sp³-hybridized carbons (Fsp3) is 0.222. The highest BCUT2D eigenvalue weighted by Gasteiger charge is 2.09. The van der Waals surface area contributed by atoms with Crippen LogP contribution in [0.1, 0.15) is 24.0 Å². The van der Waals surface area contributed by atoms with Crippen LogP contribution in [-0.2, 0) is 9.59 Å². The maximum absolute atomic E-state index is 13.4. The van der Waals surface area contributed by atoms with E-state index in [0.29, 0.717) is 22.5 Å². The fourth-order valence-electron chi connectivity index (χ4n) is 2.02. The van der Waals surface area contributed by atoms with Crippen LogP contribution in [0.4, 0.5) is 20.2 Å². The Hall–Kier alpha value is -2.76. The normalized spacial score (nSPS) is 10.3. The number of hydrogen-bond donors (Lipinski definition) is 2. The summed E-state index contributed by atoms with van der Waals surface area (Å²) in [4.78, 5) is 23.6. The highest BCUT2D eigenvalue weighted by atomic mass is 19.1. The van der Waals surface area contributed by atoms with Crippen molar-refractivity contribution in [2.24, 2.45) is 0 Å². The van der Waals surface area contributed by atoms with E-state index < -0.39 is 23.4 Å². The molecule has 2 aromatic rings. The number of hydrogen-bond acceptors (Lipinski definition) is 2. The molecule has 6 heteroatoms. The first-order valence-electron chi connectivity index (χ1n) is 7.47. The lowest BCUT2D eigenvalue weighted by atomic mass is 10.2. The van der Waals surface area contributed by atoms with E-state index >= 15 is 0 Å². The number of carbonyl (C=O) groups is 2. The lowest BCUT2D eigenvalue weighted by Crippen LogP contribution is -2.17. The van der Waals surface area contributed by atoms with Gasteiger partial charge in [0.2, 0.25) is 11.8 Å². The van der Waals surface area contributed by atoms with E-state index in [1.165, 1.54) is 12.1 Å². The third kappa shape index (κ3) is 4.87. The first-order chi connectivity index (χ1) is 11.3. The predicted molar refractivity (Wildman–Crippen MR) is 88.8 cm³/mol. The van der Waals surface area contributed by atoms with Gasteiger partial charge in [-0.05, 0) is 49.2 Å². The number of anilines is 2. The summed E-state index contributed by atoms with van der Waals surface area (Å²) in [5.74, 6) is -1.62. The number of nitrogens with one attached hydrogen (secondary N) is 2. The number of halogens is 2. The molecular formula is C18H18F2N2O2. The van der Waals surface area contributed by atoms with E-state index in [0.717, 1.165) is 0 Å². The molecule has 0 aliphatic rings. The second kappa shape index (κ2) is 7.68. The summed E-state index contributed by atoms with van der Waals surface area (Å²) in [5.41, 5.74) is 1.64. The molecule has 0 aliphatic heterocycles. The molecule has 0 radical (unpaired) electrons. The van der Waals surface area contributed by atoms with Gasteiger partial charge in [0.1, 0.15) is 11.6 Å². The molecule has 2 rings (SSSR count). The molecule has 2 N–H and O–H groups in total. The predicted octanol–water partition coefficient (Wildman–Crippen LogP) is 3.94. The smallest absolute Gasteiger partial charge is 0.224 e. The maximum atomic E-state index is 13.4. The van der Waals surface area contributed by atoms with E-state index in [2.05, 4.69) is 10.6 Å². The third-order valence-corrected chi connectivity index (χ3v) is 3.49. The van der Waals surface area contributed by atoms with Crippen molar-refractivity contribution >= 4 is 23.2 Å². The Balaban J connectivity index is 1.83. The summed E-state index contributed by atoms with van der Waals surface area (Å²) in [6.07, 6.45) is -0.120. The van der Waals surface area contributed by atoms with Crippen LogP contribution in [0.15, 0.2) is 36.4 Å². The van der Waals surface area contributed by atoms with Crippen molar-refractivity contribution in [2.45, 2.75) is 26.7 Å². The first kappa shape index (κ1) is 17.6. The van der Waals surface area contributed by atoms with Crippen molar-refractivity contribution in [3.05, 3.63) is 59.2 Å². The molecule has 0 spiro atoms. The Morgan fingerprint density at radius 2 is 1.17 bits per heavy atom. The summed E-state index contributed by atoms with van der Waals surface area (Å²) in [7, 11) is 0. The number of aryl methyl sites for hydroxylation is 2. The molecule has 0 atom stereocenters. The summed E-state index contributed by atoms with van der Waals surface area (Å²) >= 11 is 0. The van der Waals surface area contributed by atoms with Crippen LogP contribution >= 0.6 is 0 Å². The molecule has 0 aromatic heterocycles. The van der Waals surface area contributed by atoms with Crippen LogP contribution < -0.4 is 10.6 Å². The van der Waals surface area contributed by atoms with E-state index in [-0.39, 0.29) is 12.8 Å². The third-order valence-electron chi connectivity index (χ3n) is 3.49. The summed E-state index contributed by atoms with van der Waals surface area (Å²) in [6, 6.07) is 8.74. The van der Waals surface area contributed by atoms with Crippen LogP contribution in [0.5, 0.6) is 0 Å². The van der Waals surface area contributed by atoms with Gasteiger partial charge in [-0.15, -0.1) is 0 Å². The monoisotopic (exact) mass is 332 g/mol. The molecule has 0 fully saturated rings. The van der Waals surface area contributed by atoms with Crippen molar-refractivity contribution in [2.75, 3.05) is 10.6 Å². The van der Waals surface area contributed by atoms with Gasteiger partial charge in [-0.1, -0.05) is 12.1 Å². The first-order valence-corrected chi connectivity index (χ1v) is 7.47. The van der Waals surface area contributed by atoms with Crippen LogP contribution in [0.3, 0.4) is 0 Å². The maximum Gasteiger partial charge on any atom is 0.224 e. The van der Waals surface area contributed by atoms with Crippen molar-refractivity contribution in [3.63, 3.8) is 0 Å². The average molecular weight is 332 g/mol. The van der Waals surface area contributed by atoms with Crippen molar-refractivity contribution in [3.8, 4) is 0 Å². The van der Waals surface area contributed by atoms with Gasteiger partial charge < -0.3 is 10.6 Å². The number of amides is 2. The van der Waals surface area contributed by atoms with E-state index in [9.17, 15) is 18.4 Å². The van der Waals surface area contributed by atoms with Crippen LogP contribution in [0, 0.1) is 25.5 Å². The number of benzene rings is 2. The lowest BCUT2D eigenvalue weighted by Gasteiger charge is -2.08. The van der Waals surface area contributed by atoms with Gasteiger partial charge >= 0.3 is 0 Å². The summed E-state index contributed by atoms with van der Waals surface area (Å²) in [6.45, 7) is 3.25. The van der Waals surface area contributed by atoms with Crippen LogP contribution in [-0.4, -0.2) is 11.8 Å². The van der Waals surface area contributed by atoms with Crippen molar-refractivity contribution in [1.82, 2.24) is 0 Å². The van der Waals surface area contributed by atoms with Gasteiger partial charge in [0.15, 0.2) is 0 Å². The standard InChI is InChI=1S/C18H18F2N2O2/c1-11-3-5-13(9-15(11)19)21-17(23)7-8-18(24)22-14-6-4-12(2)16(20)10-14/h3-6,9-10H,7-8H2,1-2H3,(H,21,23)(H,22,24). The lowest BCUT2D eigenvalue weighted by molar-refractivity contribution is -0.121. The number of rotatable bonds is 5. The Labute approximate surface area is 138 Å². The minimum atomic E-state index is -0.410. The van der Waals surface area contributed by atoms with Crippen LogP contribution in [0.25, 0.3) is 0 Å². The zero-order valence-corrected chi connectivity index (χ0v) is 13.5. The largest absolute Gasteiger partial charge is 0.326 e. The van der Waals surface area contributed by atoms with Crippen molar-refractivity contribution < 1.29 is 18.4 Å². The Morgan fingerprint density at radius 3 is 1.50 bits per heavy atom.